The first-order valence-electron chi connectivity index (χ1n) is 8.75. The van der Waals surface area contributed by atoms with Gasteiger partial charge in [0.1, 0.15) is 0 Å². The van der Waals surface area contributed by atoms with Gasteiger partial charge in [0.05, 0.1) is 17.1 Å². The molecule has 25 heavy (non-hydrogen) atoms. The number of hydrogen-bond donors (Lipinski definition) is 0. The van der Waals surface area contributed by atoms with Crippen molar-refractivity contribution < 1.29 is 19.2 Å². The van der Waals surface area contributed by atoms with Crippen molar-refractivity contribution in [1.29, 1.82) is 0 Å². The molecule has 7 heteroatoms. The zero-order chi connectivity index (χ0) is 18.4. The van der Waals surface area contributed by atoms with E-state index in [1.807, 2.05) is 6.92 Å². The molecule has 1 saturated carbocycles. The maximum Gasteiger partial charge on any atom is 0.338 e. The first-order chi connectivity index (χ1) is 12.0. The summed E-state index contributed by atoms with van der Waals surface area (Å²) in [4.78, 5) is 37.2. The van der Waals surface area contributed by atoms with Gasteiger partial charge in [-0.1, -0.05) is 19.3 Å². The van der Waals surface area contributed by atoms with Gasteiger partial charge in [0.25, 0.3) is 11.6 Å². The van der Waals surface area contributed by atoms with Crippen molar-refractivity contribution in [2.24, 2.45) is 0 Å². The lowest BCUT2D eigenvalue weighted by Crippen LogP contribution is -2.41. The van der Waals surface area contributed by atoms with Gasteiger partial charge in [-0.2, -0.15) is 0 Å². The highest BCUT2D eigenvalue weighted by Gasteiger charge is 2.27. The van der Waals surface area contributed by atoms with Crippen LogP contribution < -0.4 is 0 Å². The van der Waals surface area contributed by atoms with Crippen molar-refractivity contribution in [3.8, 4) is 0 Å². The predicted octanol–water partition coefficient (Wildman–Crippen LogP) is 3.57. The molecule has 1 aromatic carbocycles. The fourth-order valence-corrected chi connectivity index (χ4v) is 3.30. The zero-order valence-corrected chi connectivity index (χ0v) is 14.7. The molecule has 1 fully saturated rings. The van der Waals surface area contributed by atoms with Crippen LogP contribution in [-0.2, 0) is 4.74 Å². The van der Waals surface area contributed by atoms with Gasteiger partial charge in [-0.15, -0.1) is 0 Å². The van der Waals surface area contributed by atoms with Gasteiger partial charge in [-0.3, -0.25) is 14.9 Å². The number of benzene rings is 1. The Kier molecular flexibility index (Phi) is 6.50. The number of carbonyl (C=O) groups excluding carboxylic acids is 2. The minimum absolute atomic E-state index is 0.0269. The van der Waals surface area contributed by atoms with Crippen molar-refractivity contribution in [2.45, 2.75) is 52.0 Å². The zero-order valence-electron chi connectivity index (χ0n) is 14.7. The molecule has 136 valence electrons. The van der Waals surface area contributed by atoms with E-state index in [-0.39, 0.29) is 35.4 Å². The van der Waals surface area contributed by atoms with E-state index in [2.05, 4.69) is 0 Å². The minimum atomic E-state index is -0.666. The number of nitrogens with zero attached hydrogens (tertiary/aromatic N) is 2. The average Bonchev–Trinajstić information content (AvgIpc) is 2.63. The van der Waals surface area contributed by atoms with Gasteiger partial charge in [0.2, 0.25) is 0 Å². The van der Waals surface area contributed by atoms with Crippen LogP contribution in [0.25, 0.3) is 0 Å². The number of nitro groups is 1. The van der Waals surface area contributed by atoms with Crippen LogP contribution in [0.3, 0.4) is 0 Å². The number of ether oxygens (including phenoxy) is 1. The summed E-state index contributed by atoms with van der Waals surface area (Å²) >= 11 is 0. The van der Waals surface area contributed by atoms with E-state index < -0.39 is 10.9 Å². The molecule has 0 saturated heterocycles. The van der Waals surface area contributed by atoms with E-state index in [4.69, 9.17) is 4.74 Å². The first kappa shape index (κ1) is 18.9. The fraction of sp³-hybridized carbons (Fsp3) is 0.556. The number of hydrogen-bond acceptors (Lipinski definition) is 5. The summed E-state index contributed by atoms with van der Waals surface area (Å²) < 4.78 is 4.91. The lowest BCUT2D eigenvalue weighted by Gasteiger charge is -2.33. The van der Waals surface area contributed by atoms with E-state index in [9.17, 15) is 19.7 Å². The molecule has 0 spiro atoms. The maximum absolute atomic E-state index is 12.9. The second-order valence-electron chi connectivity index (χ2n) is 6.13. The lowest BCUT2D eigenvalue weighted by molar-refractivity contribution is -0.384. The smallest absolute Gasteiger partial charge is 0.338 e. The molecule has 1 aliphatic carbocycles. The van der Waals surface area contributed by atoms with Gasteiger partial charge >= 0.3 is 5.97 Å². The second-order valence-corrected chi connectivity index (χ2v) is 6.13. The van der Waals surface area contributed by atoms with Crippen LogP contribution >= 0.6 is 0 Å². The van der Waals surface area contributed by atoms with Crippen LogP contribution in [0.2, 0.25) is 0 Å². The van der Waals surface area contributed by atoms with Crippen LogP contribution in [-0.4, -0.2) is 40.9 Å². The molecule has 0 atom stereocenters. The van der Waals surface area contributed by atoms with Crippen molar-refractivity contribution >= 4 is 17.6 Å². The van der Waals surface area contributed by atoms with Crippen LogP contribution in [0.5, 0.6) is 0 Å². The molecule has 0 unspecified atom stereocenters. The van der Waals surface area contributed by atoms with E-state index in [0.717, 1.165) is 31.7 Å². The van der Waals surface area contributed by atoms with Crippen molar-refractivity contribution in [1.82, 2.24) is 4.90 Å². The van der Waals surface area contributed by atoms with Crippen molar-refractivity contribution in [3.63, 3.8) is 0 Å². The SMILES string of the molecule is CCOC(=O)c1cc(C(=O)N(CC)C2CCCCC2)cc([N+](=O)[O-])c1. The first-order valence-corrected chi connectivity index (χ1v) is 8.75. The van der Waals surface area contributed by atoms with E-state index in [0.29, 0.717) is 6.54 Å². The Hall–Kier alpha value is -2.44. The van der Waals surface area contributed by atoms with Crippen molar-refractivity contribution in [2.75, 3.05) is 13.2 Å². The Morgan fingerprint density at radius 1 is 1.16 bits per heavy atom. The Morgan fingerprint density at radius 2 is 1.80 bits per heavy atom. The third kappa shape index (κ3) is 4.55. The van der Waals surface area contributed by atoms with Crippen molar-refractivity contribution in [3.05, 3.63) is 39.4 Å². The molecular weight excluding hydrogens is 324 g/mol. The van der Waals surface area contributed by atoms with Crippen LogP contribution in [0.4, 0.5) is 5.69 Å². The Balaban J connectivity index is 2.35. The summed E-state index contributed by atoms with van der Waals surface area (Å²) in [5.74, 6) is -0.940. The Bertz CT molecular complexity index is 653. The summed E-state index contributed by atoms with van der Waals surface area (Å²) in [7, 11) is 0. The van der Waals surface area contributed by atoms with Crippen LogP contribution in [0, 0.1) is 10.1 Å². The standard InChI is InChI=1S/C18H24N2O5/c1-3-19(15-8-6-5-7-9-15)17(21)13-10-14(18(22)25-4-2)12-16(11-13)20(23)24/h10-12,15H,3-9H2,1-2H3. The van der Waals surface area contributed by atoms with Crippen LogP contribution in [0.15, 0.2) is 18.2 Å². The predicted molar refractivity (Wildman–Crippen MR) is 92.6 cm³/mol. The molecule has 7 nitrogen and oxygen atoms in total. The van der Waals surface area contributed by atoms with Gasteiger partial charge in [-0.05, 0) is 32.8 Å². The number of nitro benzene ring substituents is 1. The average molecular weight is 348 g/mol. The van der Waals surface area contributed by atoms with E-state index >= 15 is 0 Å². The summed E-state index contributed by atoms with van der Waals surface area (Å²) in [5, 5.41) is 11.2. The number of amides is 1. The highest BCUT2D eigenvalue weighted by Crippen LogP contribution is 2.25. The summed E-state index contributed by atoms with van der Waals surface area (Å²) in [6, 6.07) is 3.91. The molecule has 0 aromatic heterocycles. The second kappa shape index (κ2) is 8.60. The maximum atomic E-state index is 12.9. The monoisotopic (exact) mass is 348 g/mol. The largest absolute Gasteiger partial charge is 0.462 e. The third-order valence-electron chi connectivity index (χ3n) is 4.50. The van der Waals surface area contributed by atoms with E-state index in [1.165, 1.54) is 18.6 Å². The Morgan fingerprint density at radius 3 is 2.36 bits per heavy atom. The number of esters is 1. The highest BCUT2D eigenvalue weighted by atomic mass is 16.6. The van der Waals surface area contributed by atoms with E-state index in [1.54, 1.807) is 11.8 Å². The molecule has 0 aliphatic heterocycles. The van der Waals surface area contributed by atoms with Gasteiger partial charge in [0.15, 0.2) is 0 Å². The lowest BCUT2D eigenvalue weighted by atomic mass is 9.93. The molecule has 1 aromatic rings. The molecular formula is C18H24N2O5. The molecule has 0 bridgehead atoms. The summed E-state index contributed by atoms with van der Waals surface area (Å²) in [6.45, 7) is 4.24. The number of carbonyl (C=O) groups is 2. The molecule has 0 radical (unpaired) electrons. The minimum Gasteiger partial charge on any atom is -0.462 e. The number of non-ortho nitro benzene ring substituents is 1. The highest BCUT2D eigenvalue weighted by molar-refractivity contribution is 5.99. The normalized spacial score (nSPS) is 14.8. The van der Waals surface area contributed by atoms with Gasteiger partial charge in [-0.25, -0.2) is 4.79 Å². The van der Waals surface area contributed by atoms with Crippen LogP contribution in [0.1, 0.15) is 66.7 Å². The molecule has 1 amide bonds. The third-order valence-corrected chi connectivity index (χ3v) is 4.50. The molecule has 2 rings (SSSR count). The fourth-order valence-electron chi connectivity index (χ4n) is 3.30. The summed E-state index contributed by atoms with van der Waals surface area (Å²) in [6.07, 6.45) is 5.22. The number of rotatable bonds is 6. The molecule has 0 heterocycles. The van der Waals surface area contributed by atoms with Gasteiger partial charge in [0, 0.05) is 30.3 Å². The Labute approximate surface area is 147 Å². The molecule has 1 aliphatic rings. The molecule has 0 N–H and O–H groups in total. The van der Waals surface area contributed by atoms with Gasteiger partial charge < -0.3 is 9.64 Å². The summed E-state index contributed by atoms with van der Waals surface area (Å²) in [5.41, 5.74) is -0.0997. The topological polar surface area (TPSA) is 89.8 Å². The quantitative estimate of drug-likeness (QED) is 0.445.